The molecule has 6 heteroatoms. The van der Waals surface area contributed by atoms with Gasteiger partial charge in [0.2, 0.25) is 5.91 Å². The lowest BCUT2D eigenvalue weighted by atomic mass is 9.89. The maximum absolute atomic E-state index is 11.2. The van der Waals surface area contributed by atoms with E-state index in [-0.39, 0.29) is 6.42 Å². The van der Waals surface area contributed by atoms with E-state index in [1.54, 1.807) is 0 Å². The van der Waals surface area contributed by atoms with E-state index in [0.717, 1.165) is 5.56 Å². The molecule has 0 aliphatic rings. The maximum Gasteiger partial charge on any atom is 0.220 e. The van der Waals surface area contributed by atoms with E-state index in [2.05, 4.69) is 15.4 Å². The van der Waals surface area contributed by atoms with Crippen LogP contribution in [0.1, 0.15) is 18.9 Å². The highest BCUT2D eigenvalue weighted by Crippen LogP contribution is 2.27. The summed E-state index contributed by atoms with van der Waals surface area (Å²) in [6.45, 7) is 1.86. The predicted octanol–water partition coefficient (Wildman–Crippen LogP) is 0.312. The molecule has 0 spiro atoms. The van der Waals surface area contributed by atoms with Crippen LogP contribution >= 0.6 is 0 Å². The molecule has 17 heavy (non-hydrogen) atoms. The number of nitrogens with two attached hydrogens (primary N) is 1. The number of hydrogen-bond acceptors (Lipinski definition) is 4. The minimum atomic E-state index is -0.705. The van der Waals surface area contributed by atoms with E-state index in [9.17, 15) is 4.79 Å². The summed E-state index contributed by atoms with van der Waals surface area (Å²) in [7, 11) is 0. The van der Waals surface area contributed by atoms with Crippen molar-refractivity contribution in [3.63, 3.8) is 0 Å². The highest BCUT2D eigenvalue weighted by atomic mass is 16.1. The number of carbonyl (C=O) groups excluding carboxylic acids is 1. The average molecular weight is 231 g/mol. The molecule has 0 saturated carbocycles. The third-order valence-electron chi connectivity index (χ3n) is 2.70. The summed E-state index contributed by atoms with van der Waals surface area (Å²) in [4.78, 5) is 12.6. The zero-order valence-corrected chi connectivity index (χ0v) is 9.45. The van der Waals surface area contributed by atoms with Gasteiger partial charge in [-0.2, -0.15) is 4.80 Å². The van der Waals surface area contributed by atoms with E-state index in [0.29, 0.717) is 0 Å². The highest BCUT2D eigenvalue weighted by Gasteiger charge is 2.33. The Morgan fingerprint density at radius 2 is 2.12 bits per heavy atom. The maximum atomic E-state index is 11.2. The summed E-state index contributed by atoms with van der Waals surface area (Å²) in [5, 5.41) is 11.5. The van der Waals surface area contributed by atoms with Crippen LogP contribution in [0.3, 0.4) is 0 Å². The largest absolute Gasteiger partial charge is 0.370 e. The van der Waals surface area contributed by atoms with Gasteiger partial charge in [-0.05, 0) is 17.7 Å². The molecule has 2 rings (SSSR count). The standard InChI is InChI=1S/C11H13N5O/c1-11(7-10(12)17,16-14-8-13-15-16)9-5-3-2-4-6-9/h2-6,8H,7H2,1H3,(H2,12,17). The van der Waals surface area contributed by atoms with Crippen LogP contribution in [0.15, 0.2) is 36.7 Å². The first-order chi connectivity index (χ1) is 8.13. The molecule has 1 aromatic carbocycles. The Morgan fingerprint density at radius 3 is 2.65 bits per heavy atom. The number of hydrogen-bond donors (Lipinski definition) is 1. The molecule has 0 radical (unpaired) electrons. The van der Waals surface area contributed by atoms with Crippen LogP contribution in [0.2, 0.25) is 0 Å². The van der Waals surface area contributed by atoms with Crippen molar-refractivity contribution in [3.8, 4) is 0 Å². The Labute approximate surface area is 98.4 Å². The van der Waals surface area contributed by atoms with Gasteiger partial charge in [0, 0.05) is 0 Å². The molecule has 1 amide bonds. The van der Waals surface area contributed by atoms with Gasteiger partial charge in [0.25, 0.3) is 0 Å². The van der Waals surface area contributed by atoms with Crippen LogP contribution < -0.4 is 5.73 Å². The Balaban J connectivity index is 2.48. The predicted molar refractivity (Wildman–Crippen MR) is 60.8 cm³/mol. The normalized spacial score (nSPS) is 14.2. The number of amides is 1. The van der Waals surface area contributed by atoms with Crippen LogP contribution in [0.4, 0.5) is 0 Å². The van der Waals surface area contributed by atoms with Gasteiger partial charge in [-0.15, -0.1) is 10.2 Å². The minimum absolute atomic E-state index is 0.118. The van der Waals surface area contributed by atoms with Crippen molar-refractivity contribution in [2.45, 2.75) is 18.9 Å². The van der Waals surface area contributed by atoms with Crippen molar-refractivity contribution < 1.29 is 4.79 Å². The zero-order valence-electron chi connectivity index (χ0n) is 9.45. The monoisotopic (exact) mass is 231 g/mol. The molecular weight excluding hydrogens is 218 g/mol. The Morgan fingerprint density at radius 1 is 1.41 bits per heavy atom. The second-order valence-electron chi connectivity index (χ2n) is 4.01. The minimum Gasteiger partial charge on any atom is -0.370 e. The summed E-state index contributed by atoms with van der Waals surface area (Å²) in [5.74, 6) is -0.409. The van der Waals surface area contributed by atoms with Crippen LogP contribution in [0, 0.1) is 0 Å². The van der Waals surface area contributed by atoms with E-state index in [1.165, 1.54) is 11.1 Å². The third-order valence-corrected chi connectivity index (χ3v) is 2.70. The van der Waals surface area contributed by atoms with Crippen molar-refractivity contribution in [2.75, 3.05) is 0 Å². The van der Waals surface area contributed by atoms with Crippen molar-refractivity contribution in [1.82, 2.24) is 20.2 Å². The molecular formula is C11H13N5O. The average Bonchev–Trinajstić information content (AvgIpc) is 2.83. The molecule has 0 bridgehead atoms. The van der Waals surface area contributed by atoms with Crippen LogP contribution in [0.25, 0.3) is 0 Å². The van der Waals surface area contributed by atoms with Gasteiger partial charge in [-0.3, -0.25) is 4.79 Å². The molecule has 1 aromatic heterocycles. The summed E-state index contributed by atoms with van der Waals surface area (Å²) in [6.07, 6.45) is 1.45. The second-order valence-corrected chi connectivity index (χ2v) is 4.01. The SMILES string of the molecule is CC(CC(N)=O)(c1ccccc1)n1ncnn1. The number of carbonyl (C=O) groups is 1. The lowest BCUT2D eigenvalue weighted by molar-refractivity contribution is -0.119. The fourth-order valence-corrected chi connectivity index (χ4v) is 1.82. The molecule has 2 N–H and O–H groups in total. The molecule has 1 atom stereocenters. The van der Waals surface area contributed by atoms with Gasteiger partial charge in [-0.1, -0.05) is 30.3 Å². The number of rotatable bonds is 4. The highest BCUT2D eigenvalue weighted by molar-refractivity contribution is 5.75. The number of aromatic nitrogens is 4. The Hall–Kier alpha value is -2.24. The summed E-state index contributed by atoms with van der Waals surface area (Å²) in [5.41, 5.74) is 5.50. The number of primary amides is 1. The molecule has 0 aliphatic heterocycles. The Bertz CT molecular complexity index is 496. The fourth-order valence-electron chi connectivity index (χ4n) is 1.82. The molecule has 0 saturated heterocycles. The van der Waals surface area contributed by atoms with Crippen LogP contribution in [-0.4, -0.2) is 26.1 Å². The van der Waals surface area contributed by atoms with Crippen LogP contribution in [0.5, 0.6) is 0 Å². The van der Waals surface area contributed by atoms with E-state index >= 15 is 0 Å². The zero-order chi connectivity index (χ0) is 12.3. The molecule has 1 heterocycles. The van der Waals surface area contributed by atoms with E-state index < -0.39 is 11.4 Å². The van der Waals surface area contributed by atoms with Gasteiger partial charge in [0.1, 0.15) is 5.54 Å². The number of nitrogens with zero attached hydrogens (tertiary/aromatic N) is 4. The summed E-state index contributed by atoms with van der Waals surface area (Å²) < 4.78 is 0. The molecule has 0 aliphatic carbocycles. The molecule has 0 fully saturated rings. The number of tetrazole rings is 1. The molecule has 2 aromatic rings. The quantitative estimate of drug-likeness (QED) is 0.820. The van der Waals surface area contributed by atoms with Crippen molar-refractivity contribution >= 4 is 5.91 Å². The van der Waals surface area contributed by atoms with Crippen molar-refractivity contribution in [2.24, 2.45) is 5.73 Å². The van der Waals surface area contributed by atoms with Crippen molar-refractivity contribution in [1.29, 1.82) is 0 Å². The van der Waals surface area contributed by atoms with Crippen molar-refractivity contribution in [3.05, 3.63) is 42.2 Å². The number of benzene rings is 1. The second kappa shape index (κ2) is 4.32. The lowest BCUT2D eigenvalue weighted by Crippen LogP contribution is -2.38. The lowest BCUT2D eigenvalue weighted by Gasteiger charge is -2.27. The third kappa shape index (κ3) is 2.15. The first-order valence-corrected chi connectivity index (χ1v) is 5.20. The molecule has 1 unspecified atom stereocenters. The summed E-state index contributed by atoms with van der Waals surface area (Å²) >= 11 is 0. The van der Waals surface area contributed by atoms with Crippen LogP contribution in [-0.2, 0) is 10.3 Å². The van der Waals surface area contributed by atoms with Gasteiger partial charge < -0.3 is 5.73 Å². The topological polar surface area (TPSA) is 86.7 Å². The fraction of sp³-hybridized carbons (Fsp3) is 0.273. The first-order valence-electron chi connectivity index (χ1n) is 5.20. The van der Waals surface area contributed by atoms with Gasteiger partial charge in [0.05, 0.1) is 6.42 Å². The van der Waals surface area contributed by atoms with Gasteiger partial charge >= 0.3 is 0 Å². The smallest absolute Gasteiger partial charge is 0.220 e. The molecule has 88 valence electrons. The first kappa shape index (κ1) is 11.3. The Kier molecular flexibility index (Phi) is 2.86. The summed E-state index contributed by atoms with van der Waals surface area (Å²) in [6, 6.07) is 9.51. The van der Waals surface area contributed by atoms with E-state index in [4.69, 9.17) is 5.73 Å². The van der Waals surface area contributed by atoms with Gasteiger partial charge in [0.15, 0.2) is 6.33 Å². The van der Waals surface area contributed by atoms with Gasteiger partial charge in [-0.25, -0.2) is 0 Å². The molecule has 6 nitrogen and oxygen atoms in total. The van der Waals surface area contributed by atoms with E-state index in [1.807, 2.05) is 37.3 Å².